The molecule has 1 aromatic heterocycles. The van der Waals surface area contributed by atoms with E-state index in [4.69, 9.17) is 0 Å². The van der Waals surface area contributed by atoms with Crippen molar-refractivity contribution in [1.82, 2.24) is 5.48 Å². The summed E-state index contributed by atoms with van der Waals surface area (Å²) in [5.41, 5.74) is 2.20. The molecule has 15 heavy (non-hydrogen) atoms. The highest BCUT2D eigenvalue weighted by molar-refractivity contribution is 7.10. The molecule has 3 nitrogen and oxygen atoms in total. The van der Waals surface area contributed by atoms with Crippen molar-refractivity contribution in [3.05, 3.63) is 22.4 Å². The number of hydrogen-bond acceptors (Lipinski definition) is 4. The molecule has 0 spiro atoms. The molecule has 1 saturated heterocycles. The summed E-state index contributed by atoms with van der Waals surface area (Å²) < 4.78 is 37.0. The Morgan fingerprint density at radius 1 is 1.60 bits per heavy atom. The van der Waals surface area contributed by atoms with E-state index in [0.29, 0.717) is 4.88 Å². The average Bonchev–Trinajstić information content (AvgIpc) is 2.70. The fraction of sp³-hybridized carbons (Fsp3) is 0.500. The minimum absolute atomic E-state index is 0.531. The number of hydrogen-bond donors (Lipinski definition) is 2. The van der Waals surface area contributed by atoms with Crippen LogP contribution in [-0.4, -0.2) is 17.1 Å². The van der Waals surface area contributed by atoms with Crippen LogP contribution in [0.5, 0.6) is 0 Å². The zero-order valence-electron chi connectivity index (χ0n) is 7.41. The van der Waals surface area contributed by atoms with Gasteiger partial charge in [-0.2, -0.15) is 18.7 Å². The first-order valence-electron chi connectivity index (χ1n) is 4.18. The molecule has 1 aliphatic rings. The first-order chi connectivity index (χ1) is 6.92. The van der Waals surface area contributed by atoms with E-state index in [0.717, 1.165) is 0 Å². The van der Waals surface area contributed by atoms with Crippen molar-refractivity contribution in [2.75, 3.05) is 0 Å². The third-order valence-corrected chi connectivity index (χ3v) is 3.17. The second-order valence-electron chi connectivity index (χ2n) is 3.27. The molecule has 7 heteroatoms. The van der Waals surface area contributed by atoms with Crippen molar-refractivity contribution in [1.29, 1.82) is 0 Å². The summed E-state index contributed by atoms with van der Waals surface area (Å²) in [5, 5.41) is 10.9. The van der Waals surface area contributed by atoms with Gasteiger partial charge in [-0.25, -0.2) is 0 Å². The van der Waals surface area contributed by atoms with Gasteiger partial charge in [0.05, 0.1) is 6.04 Å². The molecule has 0 aromatic carbocycles. The number of thiophene rings is 1. The minimum atomic E-state index is -4.79. The maximum atomic E-state index is 12.3. The van der Waals surface area contributed by atoms with E-state index in [1.165, 1.54) is 11.3 Å². The molecule has 2 rings (SSSR count). The van der Waals surface area contributed by atoms with Crippen LogP contribution in [0.15, 0.2) is 17.5 Å². The molecule has 0 saturated carbocycles. The second-order valence-corrected chi connectivity index (χ2v) is 4.25. The van der Waals surface area contributed by atoms with Gasteiger partial charge in [-0.3, -0.25) is 4.84 Å². The molecule has 0 radical (unpaired) electrons. The van der Waals surface area contributed by atoms with E-state index in [1.807, 2.05) is 0 Å². The van der Waals surface area contributed by atoms with Crippen LogP contribution in [0.4, 0.5) is 13.2 Å². The minimum Gasteiger partial charge on any atom is -0.357 e. The Labute approximate surface area is 87.4 Å². The highest BCUT2D eigenvalue weighted by atomic mass is 32.1. The van der Waals surface area contributed by atoms with Gasteiger partial charge in [0.15, 0.2) is 0 Å². The molecule has 2 heterocycles. The quantitative estimate of drug-likeness (QED) is 0.787. The SMILES string of the molecule is O[C@]1(C(F)(F)F)C[C@@H](c2cccs2)NO1. The number of alkyl halides is 3. The smallest absolute Gasteiger partial charge is 0.357 e. The third-order valence-electron chi connectivity index (χ3n) is 2.18. The molecule has 2 atom stereocenters. The first kappa shape index (κ1) is 10.9. The Hall–Kier alpha value is -0.630. The van der Waals surface area contributed by atoms with Gasteiger partial charge in [0.25, 0.3) is 5.79 Å². The van der Waals surface area contributed by atoms with E-state index in [2.05, 4.69) is 10.3 Å². The molecule has 1 aliphatic heterocycles. The number of halogens is 3. The maximum absolute atomic E-state index is 12.3. The Balaban J connectivity index is 2.13. The Kier molecular flexibility index (Phi) is 2.50. The molecule has 0 amide bonds. The van der Waals surface area contributed by atoms with Gasteiger partial charge in [0.2, 0.25) is 0 Å². The van der Waals surface area contributed by atoms with Crippen molar-refractivity contribution in [3.8, 4) is 0 Å². The zero-order valence-corrected chi connectivity index (χ0v) is 8.23. The fourth-order valence-electron chi connectivity index (χ4n) is 1.35. The predicted octanol–water partition coefficient (Wildman–Crippen LogP) is 1.96. The van der Waals surface area contributed by atoms with Gasteiger partial charge < -0.3 is 5.11 Å². The number of hydroxylamine groups is 1. The Morgan fingerprint density at radius 2 is 2.33 bits per heavy atom. The van der Waals surface area contributed by atoms with Gasteiger partial charge >= 0.3 is 6.18 Å². The van der Waals surface area contributed by atoms with Crippen LogP contribution in [0, 0.1) is 0 Å². The fourth-order valence-corrected chi connectivity index (χ4v) is 2.12. The number of rotatable bonds is 1. The summed E-state index contributed by atoms with van der Waals surface area (Å²) >= 11 is 1.31. The van der Waals surface area contributed by atoms with E-state index < -0.39 is 24.4 Å². The predicted molar refractivity (Wildman–Crippen MR) is 46.9 cm³/mol. The average molecular weight is 239 g/mol. The zero-order chi connectivity index (χ0) is 11.1. The van der Waals surface area contributed by atoms with Crippen LogP contribution in [-0.2, 0) is 4.84 Å². The maximum Gasteiger partial charge on any atom is 0.444 e. The van der Waals surface area contributed by atoms with Crippen LogP contribution >= 0.6 is 11.3 Å². The van der Waals surface area contributed by atoms with Crippen molar-refractivity contribution >= 4 is 11.3 Å². The molecular formula is C8H8F3NO2S. The van der Waals surface area contributed by atoms with Crippen LogP contribution < -0.4 is 5.48 Å². The first-order valence-corrected chi connectivity index (χ1v) is 5.06. The molecule has 0 unspecified atom stereocenters. The van der Waals surface area contributed by atoms with Gasteiger partial charge in [-0.05, 0) is 11.4 Å². The molecule has 2 N–H and O–H groups in total. The normalized spacial score (nSPS) is 32.1. The number of nitrogens with one attached hydrogen (secondary N) is 1. The molecule has 0 aliphatic carbocycles. The molecule has 1 aromatic rings. The second kappa shape index (κ2) is 3.44. The lowest BCUT2D eigenvalue weighted by Gasteiger charge is -2.22. The summed E-state index contributed by atoms with van der Waals surface area (Å²) in [6.45, 7) is 0. The highest BCUT2D eigenvalue weighted by Crippen LogP contribution is 2.42. The van der Waals surface area contributed by atoms with Crippen molar-refractivity contribution < 1.29 is 23.1 Å². The Bertz CT molecular complexity index is 340. The van der Waals surface area contributed by atoms with Gasteiger partial charge in [-0.15, -0.1) is 11.3 Å². The topological polar surface area (TPSA) is 41.5 Å². The largest absolute Gasteiger partial charge is 0.444 e. The van der Waals surface area contributed by atoms with Crippen LogP contribution in [0.25, 0.3) is 0 Å². The molecule has 0 bridgehead atoms. The summed E-state index contributed by atoms with van der Waals surface area (Å²) in [6.07, 6.45) is -5.32. The van der Waals surface area contributed by atoms with Crippen LogP contribution in [0.3, 0.4) is 0 Å². The summed E-state index contributed by atoms with van der Waals surface area (Å²) in [6, 6.07) is 2.80. The summed E-state index contributed by atoms with van der Waals surface area (Å²) in [4.78, 5) is 4.93. The Morgan fingerprint density at radius 3 is 2.80 bits per heavy atom. The molecule has 1 fully saturated rings. The lowest BCUT2D eigenvalue weighted by atomic mass is 10.1. The standard InChI is InChI=1S/C8H8F3NO2S/c9-8(10,11)7(13)4-5(12-14-7)6-2-1-3-15-6/h1-3,5,12-13H,4H2/t5-,7+/m0/s1. The van der Waals surface area contributed by atoms with Gasteiger partial charge in [0.1, 0.15) is 0 Å². The van der Waals surface area contributed by atoms with Crippen LogP contribution in [0.2, 0.25) is 0 Å². The monoisotopic (exact) mass is 239 g/mol. The van der Waals surface area contributed by atoms with Crippen molar-refractivity contribution in [2.45, 2.75) is 24.4 Å². The van der Waals surface area contributed by atoms with Gasteiger partial charge in [-0.1, -0.05) is 6.07 Å². The highest BCUT2D eigenvalue weighted by Gasteiger charge is 2.60. The van der Waals surface area contributed by atoms with Crippen molar-refractivity contribution in [2.24, 2.45) is 0 Å². The summed E-state index contributed by atoms with van der Waals surface area (Å²) in [7, 11) is 0. The van der Waals surface area contributed by atoms with E-state index in [-0.39, 0.29) is 0 Å². The molecule has 84 valence electrons. The van der Waals surface area contributed by atoms with E-state index in [9.17, 15) is 18.3 Å². The summed E-state index contributed by atoms with van der Waals surface area (Å²) in [5.74, 6) is -3.08. The lowest BCUT2D eigenvalue weighted by molar-refractivity contribution is -0.361. The van der Waals surface area contributed by atoms with Crippen LogP contribution in [0.1, 0.15) is 17.3 Å². The van der Waals surface area contributed by atoms with E-state index >= 15 is 0 Å². The van der Waals surface area contributed by atoms with Crippen molar-refractivity contribution in [3.63, 3.8) is 0 Å². The third kappa shape index (κ3) is 1.87. The number of aliphatic hydroxyl groups is 1. The lowest BCUT2D eigenvalue weighted by Crippen LogP contribution is -2.45. The molecular weight excluding hydrogens is 231 g/mol. The van der Waals surface area contributed by atoms with Gasteiger partial charge in [0, 0.05) is 11.3 Å². The van der Waals surface area contributed by atoms with E-state index in [1.54, 1.807) is 17.5 Å².